The first-order valence-electron chi connectivity index (χ1n) is 7.24. The van der Waals surface area contributed by atoms with Gasteiger partial charge in [-0.15, -0.1) is 0 Å². The second kappa shape index (κ2) is 6.20. The van der Waals surface area contributed by atoms with Crippen LogP contribution in [0, 0.1) is 5.92 Å². The van der Waals surface area contributed by atoms with Gasteiger partial charge in [-0.2, -0.15) is 0 Å². The molecular weight excluding hydrogens is 236 g/mol. The summed E-state index contributed by atoms with van der Waals surface area (Å²) in [5.74, 6) is 0.795. The molecule has 0 saturated heterocycles. The van der Waals surface area contributed by atoms with Gasteiger partial charge in [0.1, 0.15) is 0 Å². The number of carbonyl (C=O) groups is 1. The molecule has 1 heterocycles. The van der Waals surface area contributed by atoms with Crippen molar-refractivity contribution in [2.75, 3.05) is 11.4 Å². The standard InChI is InChI=1S/C16H24N2O/c1-12(2)9-10-16(19)18-11-5-7-14(17)13-6-3-4-8-15(13)18/h3-4,6,8,12,14H,5,7,9-11,17H2,1-2H3. The van der Waals surface area contributed by atoms with Crippen LogP contribution in [0.3, 0.4) is 0 Å². The van der Waals surface area contributed by atoms with Gasteiger partial charge in [0.2, 0.25) is 5.91 Å². The van der Waals surface area contributed by atoms with E-state index in [1.807, 2.05) is 29.2 Å². The van der Waals surface area contributed by atoms with E-state index in [0.29, 0.717) is 12.3 Å². The summed E-state index contributed by atoms with van der Waals surface area (Å²) in [6, 6.07) is 8.11. The molecule has 1 amide bonds. The molecule has 1 unspecified atom stereocenters. The first-order valence-corrected chi connectivity index (χ1v) is 7.24. The number of hydrogen-bond acceptors (Lipinski definition) is 2. The van der Waals surface area contributed by atoms with E-state index in [9.17, 15) is 4.79 Å². The van der Waals surface area contributed by atoms with Gasteiger partial charge in [-0.05, 0) is 36.8 Å². The van der Waals surface area contributed by atoms with E-state index in [4.69, 9.17) is 5.73 Å². The maximum Gasteiger partial charge on any atom is 0.226 e. The molecule has 1 aliphatic heterocycles. The normalized spacial score (nSPS) is 19.2. The fourth-order valence-corrected chi connectivity index (χ4v) is 2.60. The summed E-state index contributed by atoms with van der Waals surface area (Å²) in [4.78, 5) is 14.3. The summed E-state index contributed by atoms with van der Waals surface area (Å²) in [5.41, 5.74) is 8.32. The molecule has 3 nitrogen and oxygen atoms in total. The number of hydrogen-bond donors (Lipinski definition) is 1. The lowest BCUT2D eigenvalue weighted by Crippen LogP contribution is -2.31. The van der Waals surface area contributed by atoms with Crippen LogP contribution in [-0.2, 0) is 4.79 Å². The lowest BCUT2D eigenvalue weighted by molar-refractivity contribution is -0.118. The van der Waals surface area contributed by atoms with Gasteiger partial charge in [-0.1, -0.05) is 32.0 Å². The molecule has 0 bridgehead atoms. The predicted octanol–water partition coefficient (Wildman–Crippen LogP) is 3.25. The quantitative estimate of drug-likeness (QED) is 0.906. The average Bonchev–Trinajstić information content (AvgIpc) is 2.56. The van der Waals surface area contributed by atoms with E-state index < -0.39 is 0 Å². The molecule has 0 fully saturated rings. The topological polar surface area (TPSA) is 46.3 Å². The molecule has 19 heavy (non-hydrogen) atoms. The summed E-state index contributed by atoms with van der Waals surface area (Å²) in [6.45, 7) is 5.10. The number of para-hydroxylation sites is 1. The SMILES string of the molecule is CC(C)CCC(=O)N1CCCC(N)c2ccccc21. The van der Waals surface area contributed by atoms with Crippen molar-refractivity contribution in [3.8, 4) is 0 Å². The van der Waals surface area contributed by atoms with Crippen LogP contribution < -0.4 is 10.6 Å². The van der Waals surface area contributed by atoms with Gasteiger partial charge in [0.05, 0.1) is 0 Å². The zero-order valence-electron chi connectivity index (χ0n) is 11.9. The zero-order chi connectivity index (χ0) is 13.8. The van der Waals surface area contributed by atoms with Crippen molar-refractivity contribution >= 4 is 11.6 Å². The van der Waals surface area contributed by atoms with Crippen molar-refractivity contribution in [1.82, 2.24) is 0 Å². The van der Waals surface area contributed by atoms with Crippen molar-refractivity contribution < 1.29 is 4.79 Å². The Morgan fingerprint density at radius 2 is 2.16 bits per heavy atom. The van der Waals surface area contributed by atoms with E-state index in [2.05, 4.69) is 13.8 Å². The van der Waals surface area contributed by atoms with E-state index >= 15 is 0 Å². The van der Waals surface area contributed by atoms with Gasteiger partial charge < -0.3 is 10.6 Å². The van der Waals surface area contributed by atoms with Crippen LogP contribution in [0.4, 0.5) is 5.69 Å². The molecule has 1 aliphatic rings. The van der Waals surface area contributed by atoms with Crippen LogP contribution in [0.15, 0.2) is 24.3 Å². The third-order valence-electron chi connectivity index (χ3n) is 3.76. The summed E-state index contributed by atoms with van der Waals surface area (Å²) < 4.78 is 0. The molecule has 1 atom stereocenters. The molecule has 0 radical (unpaired) electrons. The highest BCUT2D eigenvalue weighted by molar-refractivity contribution is 5.94. The molecule has 3 heteroatoms. The highest BCUT2D eigenvalue weighted by Gasteiger charge is 2.24. The predicted molar refractivity (Wildman–Crippen MR) is 79.0 cm³/mol. The Morgan fingerprint density at radius 1 is 1.42 bits per heavy atom. The minimum atomic E-state index is 0.0547. The number of amides is 1. The Balaban J connectivity index is 2.21. The first kappa shape index (κ1) is 14.1. The van der Waals surface area contributed by atoms with Crippen molar-refractivity contribution in [2.45, 2.75) is 45.6 Å². The molecule has 0 saturated carbocycles. The minimum absolute atomic E-state index is 0.0547. The summed E-state index contributed by atoms with van der Waals surface area (Å²) in [5, 5.41) is 0. The molecule has 0 aliphatic carbocycles. The molecule has 0 aromatic heterocycles. The molecule has 1 aromatic rings. The van der Waals surface area contributed by atoms with Crippen LogP contribution >= 0.6 is 0 Å². The number of benzene rings is 1. The van der Waals surface area contributed by atoms with Crippen LogP contribution in [0.25, 0.3) is 0 Å². The molecule has 1 aromatic carbocycles. The van der Waals surface area contributed by atoms with Crippen LogP contribution in [0.1, 0.15) is 51.1 Å². The number of rotatable bonds is 3. The van der Waals surface area contributed by atoms with Crippen molar-refractivity contribution in [3.05, 3.63) is 29.8 Å². The van der Waals surface area contributed by atoms with Gasteiger partial charge in [0.25, 0.3) is 0 Å². The van der Waals surface area contributed by atoms with Crippen molar-refractivity contribution in [3.63, 3.8) is 0 Å². The molecule has 0 spiro atoms. The van der Waals surface area contributed by atoms with Crippen molar-refractivity contribution in [1.29, 1.82) is 0 Å². The zero-order valence-corrected chi connectivity index (χ0v) is 11.9. The van der Waals surface area contributed by atoms with Gasteiger partial charge in [-0.25, -0.2) is 0 Å². The Hall–Kier alpha value is -1.35. The maximum atomic E-state index is 12.4. The first-order chi connectivity index (χ1) is 9.09. The Labute approximate surface area is 115 Å². The largest absolute Gasteiger partial charge is 0.324 e. The third-order valence-corrected chi connectivity index (χ3v) is 3.76. The van der Waals surface area contributed by atoms with E-state index in [-0.39, 0.29) is 11.9 Å². The summed E-state index contributed by atoms with van der Waals surface area (Å²) in [6.07, 6.45) is 3.50. The van der Waals surface area contributed by atoms with Crippen LogP contribution in [0.5, 0.6) is 0 Å². The Bertz CT molecular complexity index is 442. The van der Waals surface area contributed by atoms with Crippen LogP contribution in [0.2, 0.25) is 0 Å². The molecule has 104 valence electrons. The minimum Gasteiger partial charge on any atom is -0.324 e. The fourth-order valence-electron chi connectivity index (χ4n) is 2.60. The molecular formula is C16H24N2O. The number of nitrogens with zero attached hydrogens (tertiary/aromatic N) is 1. The van der Waals surface area contributed by atoms with Gasteiger partial charge in [-0.3, -0.25) is 4.79 Å². The van der Waals surface area contributed by atoms with E-state index in [1.165, 1.54) is 0 Å². The second-order valence-electron chi connectivity index (χ2n) is 5.79. The summed E-state index contributed by atoms with van der Waals surface area (Å²) >= 11 is 0. The maximum absolute atomic E-state index is 12.4. The second-order valence-corrected chi connectivity index (χ2v) is 5.79. The number of anilines is 1. The van der Waals surface area contributed by atoms with Gasteiger partial charge in [0.15, 0.2) is 0 Å². The Kier molecular flexibility index (Phi) is 4.59. The molecule has 2 rings (SSSR count). The van der Waals surface area contributed by atoms with Gasteiger partial charge in [0, 0.05) is 24.7 Å². The van der Waals surface area contributed by atoms with Crippen LogP contribution in [-0.4, -0.2) is 12.5 Å². The third kappa shape index (κ3) is 3.35. The number of carbonyl (C=O) groups excluding carboxylic acids is 1. The van der Waals surface area contributed by atoms with E-state index in [0.717, 1.165) is 37.1 Å². The monoisotopic (exact) mass is 260 g/mol. The van der Waals surface area contributed by atoms with E-state index in [1.54, 1.807) is 0 Å². The fraction of sp³-hybridized carbons (Fsp3) is 0.562. The Morgan fingerprint density at radius 3 is 2.89 bits per heavy atom. The number of nitrogens with two attached hydrogens (primary N) is 1. The lowest BCUT2D eigenvalue weighted by atomic mass is 10.0. The highest BCUT2D eigenvalue weighted by Crippen LogP contribution is 2.31. The highest BCUT2D eigenvalue weighted by atomic mass is 16.2. The smallest absolute Gasteiger partial charge is 0.226 e. The average molecular weight is 260 g/mol. The summed E-state index contributed by atoms with van der Waals surface area (Å²) in [7, 11) is 0. The lowest BCUT2D eigenvalue weighted by Gasteiger charge is -2.23. The van der Waals surface area contributed by atoms with Crippen molar-refractivity contribution in [2.24, 2.45) is 11.7 Å². The molecule has 2 N–H and O–H groups in total. The van der Waals surface area contributed by atoms with Gasteiger partial charge >= 0.3 is 0 Å². The number of fused-ring (bicyclic) bond motifs is 1.